The maximum absolute atomic E-state index is 10.4. The summed E-state index contributed by atoms with van der Waals surface area (Å²) >= 11 is 0. The Balaban J connectivity index is 2.39. The van der Waals surface area contributed by atoms with E-state index in [9.17, 15) is 5.11 Å². The van der Waals surface area contributed by atoms with Gasteiger partial charge in [0, 0.05) is 0 Å². The Bertz CT molecular complexity index is 505. The molecule has 29 heavy (non-hydrogen) atoms. The van der Waals surface area contributed by atoms with Crippen molar-refractivity contribution >= 4 is 0 Å². The minimum Gasteiger partial charge on any atom is -0.508 e. The first kappa shape index (κ1) is 26.1. The number of benzene rings is 1. The number of rotatable bonds is 19. The van der Waals surface area contributed by atoms with E-state index in [1.165, 1.54) is 126 Å². The van der Waals surface area contributed by atoms with Crippen molar-refractivity contribution in [3.8, 4) is 5.75 Å². The molecule has 0 unspecified atom stereocenters. The van der Waals surface area contributed by atoms with Gasteiger partial charge in [0.1, 0.15) is 5.75 Å². The monoisotopic (exact) mass is 402 g/mol. The normalized spacial score (nSPS) is 11.3. The standard InChI is InChI=1S/C28H50O/c1-4-7-9-11-13-15-17-19-21-25-23-24-28(29)26(6-3)27(25)22-20-18-16-14-12-10-8-5-2/h23-24,29H,4-22H2,1-3H3. The molecule has 1 rings (SSSR count). The molecular formula is C28H50O. The van der Waals surface area contributed by atoms with Crippen LogP contribution in [0, 0.1) is 0 Å². The molecule has 0 spiro atoms. The SMILES string of the molecule is CCCCCCCCCCc1ccc(O)c(CC)c1CCCCCCCCCC. The average molecular weight is 403 g/mol. The van der Waals surface area contributed by atoms with Crippen LogP contribution in [-0.2, 0) is 19.3 Å². The van der Waals surface area contributed by atoms with Gasteiger partial charge in [0.25, 0.3) is 0 Å². The van der Waals surface area contributed by atoms with Crippen LogP contribution in [0.1, 0.15) is 140 Å². The van der Waals surface area contributed by atoms with Crippen molar-refractivity contribution in [2.24, 2.45) is 0 Å². The lowest BCUT2D eigenvalue weighted by atomic mass is 9.90. The maximum Gasteiger partial charge on any atom is 0.119 e. The summed E-state index contributed by atoms with van der Waals surface area (Å²) in [5.41, 5.74) is 4.19. The van der Waals surface area contributed by atoms with Gasteiger partial charge in [0.05, 0.1) is 0 Å². The van der Waals surface area contributed by atoms with Crippen molar-refractivity contribution in [2.45, 2.75) is 143 Å². The molecule has 0 bridgehead atoms. The van der Waals surface area contributed by atoms with E-state index >= 15 is 0 Å². The van der Waals surface area contributed by atoms with Gasteiger partial charge in [-0.1, -0.05) is 117 Å². The summed E-state index contributed by atoms with van der Waals surface area (Å²) in [6.45, 7) is 6.76. The van der Waals surface area contributed by atoms with Crippen LogP contribution in [-0.4, -0.2) is 5.11 Å². The van der Waals surface area contributed by atoms with Crippen LogP contribution < -0.4 is 0 Å². The molecule has 1 nitrogen and oxygen atoms in total. The summed E-state index contributed by atoms with van der Waals surface area (Å²) in [6.07, 6.45) is 25.2. The molecule has 0 heterocycles. The number of hydrogen-bond donors (Lipinski definition) is 1. The predicted molar refractivity (Wildman–Crippen MR) is 130 cm³/mol. The van der Waals surface area contributed by atoms with Crippen molar-refractivity contribution in [3.05, 3.63) is 28.8 Å². The van der Waals surface area contributed by atoms with E-state index in [1.807, 2.05) is 6.07 Å². The second-order valence-electron chi connectivity index (χ2n) is 9.00. The van der Waals surface area contributed by atoms with E-state index in [2.05, 4.69) is 26.8 Å². The van der Waals surface area contributed by atoms with Crippen LogP contribution in [0.5, 0.6) is 5.75 Å². The van der Waals surface area contributed by atoms with Gasteiger partial charge in [-0.3, -0.25) is 0 Å². The molecular weight excluding hydrogens is 352 g/mol. The van der Waals surface area contributed by atoms with Crippen molar-refractivity contribution in [1.82, 2.24) is 0 Å². The van der Waals surface area contributed by atoms with Crippen LogP contribution in [0.4, 0.5) is 0 Å². The largest absolute Gasteiger partial charge is 0.508 e. The zero-order chi connectivity index (χ0) is 21.2. The van der Waals surface area contributed by atoms with E-state index in [0.29, 0.717) is 5.75 Å². The van der Waals surface area contributed by atoms with Crippen LogP contribution in [0.25, 0.3) is 0 Å². The molecule has 0 radical (unpaired) electrons. The van der Waals surface area contributed by atoms with E-state index in [0.717, 1.165) is 12.8 Å². The highest BCUT2D eigenvalue weighted by Gasteiger charge is 2.11. The van der Waals surface area contributed by atoms with Crippen LogP contribution in [0.15, 0.2) is 12.1 Å². The van der Waals surface area contributed by atoms with Gasteiger partial charge in [0.15, 0.2) is 0 Å². The molecule has 1 aromatic rings. The Kier molecular flexibility index (Phi) is 16.0. The topological polar surface area (TPSA) is 20.2 Å². The first-order valence-electron chi connectivity index (χ1n) is 13.1. The average Bonchev–Trinajstić information content (AvgIpc) is 2.73. The zero-order valence-corrected chi connectivity index (χ0v) is 20.0. The Morgan fingerprint density at radius 2 is 0.966 bits per heavy atom. The lowest BCUT2D eigenvalue weighted by Gasteiger charge is -2.16. The molecule has 0 aliphatic heterocycles. The molecule has 0 aromatic heterocycles. The fourth-order valence-electron chi connectivity index (χ4n) is 4.55. The molecule has 1 heteroatoms. The van der Waals surface area contributed by atoms with E-state index in [1.54, 1.807) is 0 Å². The van der Waals surface area contributed by atoms with Crippen molar-refractivity contribution < 1.29 is 5.11 Å². The minimum atomic E-state index is 0.515. The number of phenolic OH excluding ortho intramolecular Hbond substituents is 1. The Morgan fingerprint density at radius 1 is 0.517 bits per heavy atom. The highest BCUT2D eigenvalue weighted by Crippen LogP contribution is 2.28. The number of aromatic hydroxyl groups is 1. The predicted octanol–water partition coefficient (Wildman–Crippen LogP) is 9.32. The summed E-state index contributed by atoms with van der Waals surface area (Å²) in [5, 5.41) is 10.4. The molecule has 0 atom stereocenters. The van der Waals surface area contributed by atoms with Gasteiger partial charge in [-0.25, -0.2) is 0 Å². The lowest BCUT2D eigenvalue weighted by molar-refractivity contribution is 0.466. The summed E-state index contributed by atoms with van der Waals surface area (Å²) in [7, 11) is 0. The minimum absolute atomic E-state index is 0.515. The molecule has 0 aliphatic rings. The second kappa shape index (κ2) is 17.8. The molecule has 0 amide bonds. The van der Waals surface area contributed by atoms with Gasteiger partial charge < -0.3 is 5.11 Å². The van der Waals surface area contributed by atoms with E-state index in [-0.39, 0.29) is 0 Å². The number of unbranched alkanes of at least 4 members (excludes halogenated alkanes) is 14. The third kappa shape index (κ3) is 11.7. The molecule has 0 aliphatic carbocycles. The molecule has 0 saturated heterocycles. The Labute approximate surface area is 182 Å². The van der Waals surface area contributed by atoms with Gasteiger partial charge in [-0.2, -0.15) is 0 Å². The van der Waals surface area contributed by atoms with Gasteiger partial charge in [-0.05, 0) is 54.9 Å². The van der Waals surface area contributed by atoms with Crippen LogP contribution in [0.3, 0.4) is 0 Å². The highest BCUT2D eigenvalue weighted by molar-refractivity contribution is 5.44. The van der Waals surface area contributed by atoms with Crippen molar-refractivity contribution in [3.63, 3.8) is 0 Å². The second-order valence-corrected chi connectivity index (χ2v) is 9.00. The van der Waals surface area contributed by atoms with Gasteiger partial charge >= 0.3 is 0 Å². The van der Waals surface area contributed by atoms with Crippen LogP contribution in [0.2, 0.25) is 0 Å². The fourth-order valence-corrected chi connectivity index (χ4v) is 4.55. The quantitative estimate of drug-likeness (QED) is 0.228. The lowest BCUT2D eigenvalue weighted by Crippen LogP contribution is -2.01. The summed E-state index contributed by atoms with van der Waals surface area (Å²) < 4.78 is 0. The highest BCUT2D eigenvalue weighted by atomic mass is 16.3. The molecule has 0 fully saturated rings. The summed E-state index contributed by atoms with van der Waals surface area (Å²) in [5.74, 6) is 0.515. The smallest absolute Gasteiger partial charge is 0.119 e. The first-order valence-corrected chi connectivity index (χ1v) is 13.1. The fraction of sp³-hybridized carbons (Fsp3) is 0.786. The van der Waals surface area contributed by atoms with E-state index < -0.39 is 0 Å². The molecule has 168 valence electrons. The third-order valence-corrected chi connectivity index (χ3v) is 6.44. The number of aryl methyl sites for hydroxylation is 1. The summed E-state index contributed by atoms with van der Waals surface area (Å²) in [6, 6.07) is 4.14. The van der Waals surface area contributed by atoms with Crippen molar-refractivity contribution in [2.75, 3.05) is 0 Å². The maximum atomic E-state index is 10.4. The van der Waals surface area contributed by atoms with Gasteiger partial charge in [-0.15, -0.1) is 0 Å². The number of phenols is 1. The summed E-state index contributed by atoms with van der Waals surface area (Å²) in [4.78, 5) is 0. The molecule has 1 N–H and O–H groups in total. The third-order valence-electron chi connectivity index (χ3n) is 6.44. The Hall–Kier alpha value is -0.980. The van der Waals surface area contributed by atoms with Gasteiger partial charge in [0.2, 0.25) is 0 Å². The zero-order valence-electron chi connectivity index (χ0n) is 20.0. The molecule has 1 aromatic carbocycles. The van der Waals surface area contributed by atoms with Crippen LogP contribution >= 0.6 is 0 Å². The first-order chi connectivity index (χ1) is 14.2. The van der Waals surface area contributed by atoms with Crippen molar-refractivity contribution in [1.29, 1.82) is 0 Å². The Morgan fingerprint density at radius 3 is 1.45 bits per heavy atom. The molecule has 0 saturated carbocycles. The van der Waals surface area contributed by atoms with E-state index in [4.69, 9.17) is 0 Å². The number of hydrogen-bond acceptors (Lipinski definition) is 1.